The standard InChI is InChI=1S/C23H28N8O/c1-18(23(32)30-14-12-29(13-15-30)17-26-9-5-8-24)27-22-21(19-6-3-2-4-7-19)28-20-16-25-10-11-31(20)22/h2-4,6-11,16,18,24,27H,5,12-15,17H2,1H3. The molecule has 32 heavy (non-hydrogen) atoms. The molecule has 3 aromatic rings. The molecular weight excluding hydrogens is 404 g/mol. The van der Waals surface area contributed by atoms with Crippen molar-refractivity contribution in [2.45, 2.75) is 19.4 Å². The molecule has 1 aromatic carbocycles. The number of fused-ring (bicyclic) bond motifs is 1. The van der Waals surface area contributed by atoms with Crippen molar-refractivity contribution < 1.29 is 4.79 Å². The van der Waals surface area contributed by atoms with E-state index in [1.54, 1.807) is 18.6 Å². The lowest BCUT2D eigenvalue weighted by atomic mass is 10.1. The summed E-state index contributed by atoms with van der Waals surface area (Å²) in [5.41, 5.74) is 2.51. The Morgan fingerprint density at radius 1 is 1.25 bits per heavy atom. The number of nitrogens with one attached hydrogen (secondary N) is 2. The Morgan fingerprint density at radius 3 is 2.78 bits per heavy atom. The molecule has 0 aliphatic carbocycles. The van der Waals surface area contributed by atoms with Gasteiger partial charge in [0.05, 0.1) is 12.9 Å². The van der Waals surface area contributed by atoms with Gasteiger partial charge in [0.1, 0.15) is 17.6 Å². The minimum atomic E-state index is -0.400. The van der Waals surface area contributed by atoms with E-state index in [2.05, 4.69) is 20.2 Å². The fraction of sp³-hybridized carbons (Fsp3) is 0.348. The lowest BCUT2D eigenvalue weighted by molar-refractivity contribution is -0.133. The molecule has 1 saturated heterocycles. The van der Waals surface area contributed by atoms with Gasteiger partial charge in [-0.1, -0.05) is 30.3 Å². The maximum Gasteiger partial charge on any atom is 0.244 e. The van der Waals surface area contributed by atoms with Crippen LogP contribution in [-0.2, 0) is 4.79 Å². The van der Waals surface area contributed by atoms with Gasteiger partial charge in [0, 0.05) is 63.0 Å². The zero-order valence-corrected chi connectivity index (χ0v) is 18.2. The summed E-state index contributed by atoms with van der Waals surface area (Å²) in [6.07, 6.45) is 8.93. The second-order valence-electron chi connectivity index (χ2n) is 7.74. The monoisotopic (exact) mass is 432 g/mol. The molecule has 1 aliphatic heterocycles. The van der Waals surface area contributed by atoms with Crippen LogP contribution in [0.2, 0.25) is 0 Å². The quantitative estimate of drug-likeness (QED) is 0.532. The van der Waals surface area contributed by atoms with Gasteiger partial charge in [0.15, 0.2) is 5.65 Å². The van der Waals surface area contributed by atoms with Crippen LogP contribution in [0.1, 0.15) is 13.3 Å². The predicted octanol–water partition coefficient (Wildman–Crippen LogP) is 2.41. The van der Waals surface area contributed by atoms with E-state index in [0.717, 1.165) is 35.8 Å². The first-order valence-electron chi connectivity index (χ1n) is 10.8. The maximum absolute atomic E-state index is 13.2. The number of carbonyl (C=O) groups is 1. The highest BCUT2D eigenvalue weighted by atomic mass is 16.2. The number of anilines is 1. The molecule has 0 saturated carbocycles. The zero-order chi connectivity index (χ0) is 22.3. The fourth-order valence-corrected chi connectivity index (χ4v) is 3.79. The van der Waals surface area contributed by atoms with E-state index >= 15 is 0 Å². The van der Waals surface area contributed by atoms with Crippen molar-refractivity contribution in [2.75, 3.05) is 38.2 Å². The Bertz CT molecular complexity index is 1090. The van der Waals surface area contributed by atoms with Crippen molar-refractivity contribution in [3.05, 3.63) is 48.9 Å². The summed E-state index contributed by atoms with van der Waals surface area (Å²) >= 11 is 0. The van der Waals surface area contributed by atoms with Crippen LogP contribution >= 0.6 is 0 Å². The van der Waals surface area contributed by atoms with Gasteiger partial charge >= 0.3 is 0 Å². The number of hydrogen-bond acceptors (Lipinski definition) is 7. The van der Waals surface area contributed by atoms with Gasteiger partial charge < -0.3 is 15.6 Å². The lowest BCUT2D eigenvalue weighted by Gasteiger charge is -2.35. The number of carbonyl (C=O) groups excluding carboxylic acids is 1. The third-order valence-corrected chi connectivity index (χ3v) is 5.52. The summed E-state index contributed by atoms with van der Waals surface area (Å²) in [7, 11) is 0. The van der Waals surface area contributed by atoms with E-state index in [4.69, 9.17) is 10.4 Å². The summed E-state index contributed by atoms with van der Waals surface area (Å²) in [4.78, 5) is 30.5. The molecule has 0 spiro atoms. The zero-order valence-electron chi connectivity index (χ0n) is 18.2. The number of rotatable bonds is 8. The smallest absolute Gasteiger partial charge is 0.244 e. The summed E-state index contributed by atoms with van der Waals surface area (Å²) in [5, 5.41) is 10.4. The summed E-state index contributed by atoms with van der Waals surface area (Å²) in [6, 6.07) is 9.55. The largest absolute Gasteiger partial charge is 0.358 e. The van der Waals surface area contributed by atoms with Crippen molar-refractivity contribution in [3.8, 4) is 11.3 Å². The van der Waals surface area contributed by atoms with Crippen molar-refractivity contribution in [3.63, 3.8) is 0 Å². The van der Waals surface area contributed by atoms with Crippen molar-refractivity contribution in [2.24, 2.45) is 4.99 Å². The number of imidazole rings is 1. The molecule has 2 N–H and O–H groups in total. The molecule has 2 aromatic heterocycles. The van der Waals surface area contributed by atoms with Crippen molar-refractivity contribution >= 4 is 29.8 Å². The van der Waals surface area contributed by atoms with Crippen molar-refractivity contribution in [1.82, 2.24) is 24.2 Å². The van der Waals surface area contributed by atoms with E-state index in [1.165, 1.54) is 6.21 Å². The second kappa shape index (κ2) is 10.1. The minimum absolute atomic E-state index is 0.0694. The van der Waals surface area contributed by atoms with E-state index in [1.807, 2.05) is 52.8 Å². The fourth-order valence-electron chi connectivity index (χ4n) is 3.79. The molecule has 9 heteroatoms. The van der Waals surface area contributed by atoms with Gasteiger partial charge in [-0.15, -0.1) is 0 Å². The number of benzene rings is 1. The average Bonchev–Trinajstić information content (AvgIpc) is 3.20. The average molecular weight is 433 g/mol. The van der Waals surface area contributed by atoms with Crippen LogP contribution in [-0.4, -0.2) is 81.4 Å². The van der Waals surface area contributed by atoms with Crippen LogP contribution in [0.4, 0.5) is 5.82 Å². The Balaban J connectivity index is 1.45. The van der Waals surface area contributed by atoms with Crippen LogP contribution < -0.4 is 5.32 Å². The summed E-state index contributed by atoms with van der Waals surface area (Å²) in [5.74, 6) is 0.855. The molecule has 0 radical (unpaired) electrons. The van der Waals surface area contributed by atoms with Crippen molar-refractivity contribution in [1.29, 1.82) is 5.41 Å². The molecule has 9 nitrogen and oxygen atoms in total. The molecule has 1 amide bonds. The summed E-state index contributed by atoms with van der Waals surface area (Å²) < 4.78 is 1.93. The van der Waals surface area contributed by atoms with Gasteiger partial charge in [0.2, 0.25) is 5.91 Å². The first-order chi connectivity index (χ1) is 15.7. The van der Waals surface area contributed by atoms with Gasteiger partial charge in [-0.3, -0.25) is 24.1 Å². The first-order valence-corrected chi connectivity index (χ1v) is 10.8. The van der Waals surface area contributed by atoms with E-state index in [-0.39, 0.29) is 5.91 Å². The Kier molecular flexibility index (Phi) is 6.86. The number of nitrogens with zero attached hydrogens (tertiary/aromatic N) is 6. The molecular formula is C23H28N8O. The molecule has 3 heterocycles. The molecule has 4 rings (SSSR count). The highest BCUT2D eigenvalue weighted by Crippen LogP contribution is 2.29. The van der Waals surface area contributed by atoms with Gasteiger partial charge in [-0.2, -0.15) is 0 Å². The number of hydrogen-bond donors (Lipinski definition) is 2. The third-order valence-electron chi connectivity index (χ3n) is 5.52. The predicted molar refractivity (Wildman–Crippen MR) is 126 cm³/mol. The second-order valence-corrected chi connectivity index (χ2v) is 7.74. The number of amides is 1. The van der Waals surface area contributed by atoms with E-state index < -0.39 is 6.04 Å². The lowest BCUT2D eigenvalue weighted by Crippen LogP contribution is -2.52. The molecule has 1 unspecified atom stereocenters. The number of aromatic nitrogens is 3. The molecule has 1 aliphatic rings. The molecule has 166 valence electrons. The highest BCUT2D eigenvalue weighted by molar-refractivity contribution is 5.86. The van der Waals surface area contributed by atoms with Gasteiger partial charge in [-0.05, 0) is 6.92 Å². The molecule has 1 atom stereocenters. The van der Waals surface area contributed by atoms with Crippen LogP contribution in [0.15, 0.2) is 53.9 Å². The topological polar surface area (TPSA) is 102 Å². The Labute approximate surface area is 187 Å². The number of aliphatic imine (C=N–C) groups is 1. The van der Waals surface area contributed by atoms with Crippen LogP contribution in [0.3, 0.4) is 0 Å². The van der Waals surface area contributed by atoms with E-state index in [0.29, 0.717) is 26.2 Å². The minimum Gasteiger partial charge on any atom is -0.358 e. The summed E-state index contributed by atoms with van der Waals surface area (Å²) in [6.45, 7) is 5.43. The molecule has 1 fully saturated rings. The third kappa shape index (κ3) is 4.83. The Morgan fingerprint density at radius 2 is 2.03 bits per heavy atom. The van der Waals surface area contributed by atoms with Gasteiger partial charge in [0.25, 0.3) is 0 Å². The van der Waals surface area contributed by atoms with Crippen LogP contribution in [0.5, 0.6) is 0 Å². The molecule has 0 bridgehead atoms. The Hall–Kier alpha value is -3.59. The normalized spacial score (nSPS) is 15.8. The SMILES string of the molecule is CC(Nc1c(-c2ccccc2)nc2cnccn12)C(=O)N1CCN(CN=CCC=N)CC1. The van der Waals surface area contributed by atoms with E-state index in [9.17, 15) is 4.79 Å². The van der Waals surface area contributed by atoms with Crippen LogP contribution in [0, 0.1) is 5.41 Å². The maximum atomic E-state index is 13.2. The van der Waals surface area contributed by atoms with Gasteiger partial charge in [-0.25, -0.2) is 4.98 Å². The van der Waals surface area contributed by atoms with Crippen LogP contribution in [0.25, 0.3) is 16.9 Å². The number of piperazine rings is 1. The first kappa shape index (κ1) is 21.6. The highest BCUT2D eigenvalue weighted by Gasteiger charge is 2.26.